The Bertz CT molecular complexity index is 868. The minimum Gasteiger partial charge on any atom is -0.427 e. The average molecular weight is 409 g/mol. The van der Waals surface area contributed by atoms with Gasteiger partial charge in [0.05, 0.1) is 17.8 Å². The first-order chi connectivity index (χ1) is 13.5. The van der Waals surface area contributed by atoms with Crippen LogP contribution in [0.2, 0.25) is 0 Å². The number of hydrogen-bond acceptors (Lipinski definition) is 6. The molecule has 4 amide bonds. The Labute approximate surface area is 167 Å². The van der Waals surface area contributed by atoms with Gasteiger partial charge >= 0.3 is 12.1 Å². The van der Waals surface area contributed by atoms with Gasteiger partial charge in [0.15, 0.2) is 6.29 Å². The van der Waals surface area contributed by atoms with Crippen LogP contribution >= 0.6 is 0 Å². The average Bonchev–Trinajstić information content (AvgIpc) is 3.10. The molecule has 158 valence electrons. The number of nitrogens with zero attached hydrogens (tertiary/aromatic N) is 1. The standard InChI is InChI=1S/C19H24FN3O6/c1-18(2,3)28-13(24)9-23-15(25)19(29-17(23)27)8-7-10-11(19)5-6-12(14(10)20)22-16(26)21-4/h5-6,13,24H,7-9H2,1-4H3,(H2,21,22,26)/t13?,19-/m0/s1. The lowest BCUT2D eigenvalue weighted by atomic mass is 9.94. The number of amides is 4. The number of hydrogen-bond donors (Lipinski definition) is 3. The summed E-state index contributed by atoms with van der Waals surface area (Å²) in [4.78, 5) is 37.6. The fraction of sp³-hybridized carbons (Fsp3) is 0.526. The Balaban J connectivity index is 1.86. The van der Waals surface area contributed by atoms with Crippen molar-refractivity contribution in [2.75, 3.05) is 18.9 Å². The number of ether oxygens (including phenoxy) is 2. The molecule has 0 radical (unpaired) electrons. The Kier molecular flexibility index (Phi) is 5.26. The maximum atomic E-state index is 14.9. The summed E-state index contributed by atoms with van der Waals surface area (Å²) < 4.78 is 25.6. The van der Waals surface area contributed by atoms with Gasteiger partial charge in [-0.15, -0.1) is 0 Å². The van der Waals surface area contributed by atoms with Crippen molar-refractivity contribution in [2.45, 2.75) is 51.1 Å². The van der Waals surface area contributed by atoms with Gasteiger partial charge in [0.25, 0.3) is 5.91 Å². The lowest BCUT2D eigenvalue weighted by Crippen LogP contribution is -2.43. The van der Waals surface area contributed by atoms with Crippen LogP contribution in [-0.4, -0.2) is 53.5 Å². The van der Waals surface area contributed by atoms with Crippen molar-refractivity contribution in [1.29, 1.82) is 0 Å². The first-order valence-electron chi connectivity index (χ1n) is 9.20. The van der Waals surface area contributed by atoms with Gasteiger partial charge in [0, 0.05) is 19.0 Å². The van der Waals surface area contributed by atoms with Crippen LogP contribution in [0.1, 0.15) is 38.3 Å². The summed E-state index contributed by atoms with van der Waals surface area (Å²) in [6.45, 7) is 4.78. The molecule has 2 atom stereocenters. The quantitative estimate of drug-likeness (QED) is 0.653. The van der Waals surface area contributed by atoms with Crippen LogP contribution in [0.4, 0.5) is 19.7 Å². The number of urea groups is 1. The van der Waals surface area contributed by atoms with Crippen molar-refractivity contribution >= 4 is 23.7 Å². The van der Waals surface area contributed by atoms with E-state index in [1.54, 1.807) is 20.8 Å². The number of nitrogens with one attached hydrogen (secondary N) is 2. The molecule has 1 heterocycles. The number of β-amino-alcohol motifs (C(OH)–C–C–N with tert-alkyl or cyclic N) is 1. The number of aliphatic hydroxyl groups is 1. The second kappa shape index (κ2) is 7.27. The second-order valence-electron chi connectivity index (χ2n) is 7.95. The summed E-state index contributed by atoms with van der Waals surface area (Å²) in [6, 6.07) is 2.20. The fourth-order valence-corrected chi connectivity index (χ4v) is 3.60. The van der Waals surface area contributed by atoms with Crippen LogP contribution in [0.3, 0.4) is 0 Å². The lowest BCUT2D eigenvalue weighted by Gasteiger charge is -2.26. The number of carbonyl (C=O) groups is 3. The Hall–Kier alpha value is -2.72. The monoisotopic (exact) mass is 409 g/mol. The third-order valence-electron chi connectivity index (χ3n) is 4.78. The highest BCUT2D eigenvalue weighted by molar-refractivity contribution is 6.04. The van der Waals surface area contributed by atoms with Crippen LogP contribution in [0, 0.1) is 5.82 Å². The molecule has 0 saturated carbocycles. The topological polar surface area (TPSA) is 117 Å². The summed E-state index contributed by atoms with van der Waals surface area (Å²) >= 11 is 0. The number of anilines is 1. The van der Waals surface area contributed by atoms with E-state index in [0.29, 0.717) is 0 Å². The first kappa shape index (κ1) is 21.0. The maximum Gasteiger partial charge on any atom is 0.418 e. The molecule has 3 N–H and O–H groups in total. The Morgan fingerprint density at radius 3 is 2.72 bits per heavy atom. The predicted molar refractivity (Wildman–Crippen MR) is 99.5 cm³/mol. The van der Waals surface area contributed by atoms with E-state index in [4.69, 9.17) is 9.47 Å². The summed E-state index contributed by atoms with van der Waals surface area (Å²) in [5.41, 5.74) is -1.91. The van der Waals surface area contributed by atoms with E-state index >= 15 is 0 Å². The summed E-state index contributed by atoms with van der Waals surface area (Å²) in [6.07, 6.45) is -2.09. The van der Waals surface area contributed by atoms with E-state index in [0.717, 1.165) is 4.90 Å². The molecule has 29 heavy (non-hydrogen) atoms. The Morgan fingerprint density at radius 1 is 1.41 bits per heavy atom. The van der Waals surface area contributed by atoms with Crippen molar-refractivity contribution in [2.24, 2.45) is 0 Å². The second-order valence-corrected chi connectivity index (χ2v) is 7.95. The van der Waals surface area contributed by atoms with Gasteiger partial charge in [-0.25, -0.2) is 18.9 Å². The molecule has 0 bridgehead atoms. The molecular weight excluding hydrogens is 385 g/mol. The molecule has 1 aromatic carbocycles. The predicted octanol–water partition coefficient (Wildman–Crippen LogP) is 1.83. The molecule has 2 aliphatic rings. The molecule has 1 unspecified atom stereocenters. The number of halogens is 1. The van der Waals surface area contributed by atoms with E-state index in [-0.39, 0.29) is 29.7 Å². The number of rotatable bonds is 4. The molecule has 9 nitrogen and oxygen atoms in total. The van der Waals surface area contributed by atoms with Crippen LogP contribution in [-0.2, 0) is 26.3 Å². The minimum atomic E-state index is -1.64. The molecule has 1 fully saturated rings. The van der Waals surface area contributed by atoms with Gasteiger partial charge in [0.1, 0.15) is 5.82 Å². The van der Waals surface area contributed by atoms with Crippen molar-refractivity contribution in [3.8, 4) is 0 Å². The number of imide groups is 1. The lowest BCUT2D eigenvalue weighted by molar-refractivity contribution is -0.174. The summed E-state index contributed by atoms with van der Waals surface area (Å²) in [7, 11) is 1.40. The molecule has 1 aliphatic heterocycles. The minimum absolute atomic E-state index is 0.0391. The SMILES string of the molecule is CNC(=O)Nc1ccc2c(c1F)CC[C@]21OC(=O)N(CC(O)OC(C)(C)C)C1=O. The van der Waals surface area contributed by atoms with Crippen molar-refractivity contribution < 1.29 is 33.4 Å². The number of aliphatic hydroxyl groups excluding tert-OH is 1. The molecule has 1 spiro atoms. The highest BCUT2D eigenvalue weighted by atomic mass is 19.1. The smallest absolute Gasteiger partial charge is 0.418 e. The van der Waals surface area contributed by atoms with E-state index < -0.39 is 47.9 Å². The number of fused-ring (bicyclic) bond motifs is 2. The molecule has 1 saturated heterocycles. The molecular formula is C19H24FN3O6. The van der Waals surface area contributed by atoms with Gasteiger partial charge in [-0.05, 0) is 38.8 Å². The highest BCUT2D eigenvalue weighted by Crippen LogP contribution is 2.47. The number of benzene rings is 1. The third kappa shape index (κ3) is 3.77. The van der Waals surface area contributed by atoms with Crippen LogP contribution < -0.4 is 10.6 Å². The maximum absolute atomic E-state index is 14.9. The van der Waals surface area contributed by atoms with Crippen LogP contribution in [0.15, 0.2) is 12.1 Å². The van der Waals surface area contributed by atoms with Gasteiger partial charge in [0.2, 0.25) is 5.60 Å². The van der Waals surface area contributed by atoms with E-state index in [1.165, 1.54) is 19.2 Å². The Morgan fingerprint density at radius 2 is 2.10 bits per heavy atom. The van der Waals surface area contributed by atoms with Crippen LogP contribution in [0.5, 0.6) is 0 Å². The zero-order chi connectivity index (χ0) is 21.6. The van der Waals surface area contributed by atoms with E-state index in [2.05, 4.69) is 10.6 Å². The third-order valence-corrected chi connectivity index (χ3v) is 4.78. The molecule has 1 aromatic rings. The van der Waals surface area contributed by atoms with Gasteiger partial charge in [-0.2, -0.15) is 0 Å². The van der Waals surface area contributed by atoms with Crippen molar-refractivity contribution in [3.63, 3.8) is 0 Å². The summed E-state index contributed by atoms with van der Waals surface area (Å²) in [5.74, 6) is -1.36. The normalized spacial score (nSPS) is 21.9. The van der Waals surface area contributed by atoms with Crippen molar-refractivity contribution in [1.82, 2.24) is 10.2 Å². The van der Waals surface area contributed by atoms with Crippen LogP contribution in [0.25, 0.3) is 0 Å². The zero-order valence-electron chi connectivity index (χ0n) is 16.7. The van der Waals surface area contributed by atoms with Crippen molar-refractivity contribution in [3.05, 3.63) is 29.1 Å². The van der Waals surface area contributed by atoms with Gasteiger partial charge < -0.3 is 25.2 Å². The van der Waals surface area contributed by atoms with E-state index in [1.807, 2.05) is 0 Å². The first-order valence-corrected chi connectivity index (χ1v) is 9.20. The number of carbonyl (C=O) groups excluding carboxylic acids is 3. The highest BCUT2D eigenvalue weighted by Gasteiger charge is 2.59. The molecule has 1 aliphatic carbocycles. The molecule has 0 aromatic heterocycles. The zero-order valence-corrected chi connectivity index (χ0v) is 16.7. The fourth-order valence-electron chi connectivity index (χ4n) is 3.60. The largest absolute Gasteiger partial charge is 0.427 e. The van der Waals surface area contributed by atoms with E-state index in [9.17, 15) is 23.9 Å². The van der Waals surface area contributed by atoms with Gasteiger partial charge in [-0.3, -0.25) is 4.79 Å². The van der Waals surface area contributed by atoms with Gasteiger partial charge in [-0.1, -0.05) is 6.07 Å². The molecule has 10 heteroatoms. The molecule has 3 rings (SSSR count). The summed E-state index contributed by atoms with van der Waals surface area (Å²) in [5, 5.41) is 14.8.